The topological polar surface area (TPSA) is 76.3 Å². The molecule has 0 aliphatic carbocycles. The molecule has 1 saturated heterocycles. The first-order valence-electron chi connectivity index (χ1n) is 9.94. The monoisotopic (exact) mass is 393 g/mol. The van der Waals surface area contributed by atoms with Crippen LogP contribution in [0.3, 0.4) is 0 Å². The predicted octanol–water partition coefficient (Wildman–Crippen LogP) is 3.39. The van der Waals surface area contributed by atoms with E-state index in [1.54, 1.807) is 6.08 Å². The highest BCUT2D eigenvalue weighted by Gasteiger charge is 2.19. The summed E-state index contributed by atoms with van der Waals surface area (Å²) in [5.41, 5.74) is 3.10. The van der Waals surface area contributed by atoms with E-state index in [-0.39, 0.29) is 11.7 Å². The van der Waals surface area contributed by atoms with Crippen LogP contribution in [0.4, 0.5) is 0 Å². The zero-order valence-corrected chi connectivity index (χ0v) is 17.0. The third kappa shape index (κ3) is 5.49. The van der Waals surface area contributed by atoms with Crippen molar-refractivity contribution in [1.29, 1.82) is 5.26 Å². The van der Waals surface area contributed by atoms with Gasteiger partial charge in [-0.2, -0.15) is 5.26 Å². The molecular formula is C23H27N3O3. The minimum Gasteiger partial charge on any atom is -0.492 e. The first-order valence-corrected chi connectivity index (χ1v) is 9.94. The second-order valence-electron chi connectivity index (χ2n) is 7.16. The van der Waals surface area contributed by atoms with Gasteiger partial charge in [0, 0.05) is 24.5 Å². The molecule has 1 aromatic heterocycles. The van der Waals surface area contributed by atoms with Crippen molar-refractivity contribution in [2.75, 3.05) is 19.8 Å². The normalized spacial score (nSPS) is 16.4. The fourth-order valence-electron chi connectivity index (χ4n) is 3.50. The van der Waals surface area contributed by atoms with E-state index in [0.717, 1.165) is 48.7 Å². The third-order valence-electron chi connectivity index (χ3n) is 5.09. The van der Waals surface area contributed by atoms with Gasteiger partial charge in [-0.15, -0.1) is 0 Å². The molecule has 0 spiro atoms. The summed E-state index contributed by atoms with van der Waals surface area (Å²) < 4.78 is 13.5. The van der Waals surface area contributed by atoms with Gasteiger partial charge in [-0.25, -0.2) is 0 Å². The first-order chi connectivity index (χ1) is 14.1. The Balaban J connectivity index is 1.59. The minimum absolute atomic E-state index is 0.0853. The van der Waals surface area contributed by atoms with Crippen molar-refractivity contribution < 1.29 is 14.3 Å². The standard InChI is InChI=1S/C23H27N3O3/c1-17-13-19(18(2)26(17)16-22-9-6-11-28-22)14-20(15-24)23(27)25-10-12-29-21-7-4-3-5-8-21/h3-5,7-8,13-14,22H,6,9-12,16H2,1-2H3,(H,25,27). The summed E-state index contributed by atoms with van der Waals surface area (Å²) in [5.74, 6) is 0.351. The number of hydrogen-bond donors (Lipinski definition) is 1. The number of nitrogens with one attached hydrogen (secondary N) is 1. The molecular weight excluding hydrogens is 366 g/mol. The third-order valence-corrected chi connectivity index (χ3v) is 5.09. The number of nitriles is 1. The van der Waals surface area contributed by atoms with Gasteiger partial charge >= 0.3 is 0 Å². The maximum absolute atomic E-state index is 12.4. The lowest BCUT2D eigenvalue weighted by atomic mass is 10.1. The van der Waals surface area contributed by atoms with Gasteiger partial charge in [0.05, 0.1) is 12.6 Å². The van der Waals surface area contributed by atoms with E-state index in [4.69, 9.17) is 9.47 Å². The lowest BCUT2D eigenvalue weighted by molar-refractivity contribution is -0.117. The second-order valence-corrected chi connectivity index (χ2v) is 7.16. The molecule has 6 heteroatoms. The summed E-state index contributed by atoms with van der Waals surface area (Å²) in [6.07, 6.45) is 4.06. The molecule has 1 aliphatic heterocycles. The van der Waals surface area contributed by atoms with Crippen LogP contribution >= 0.6 is 0 Å². The molecule has 1 aromatic carbocycles. The Labute approximate surface area is 171 Å². The second kappa shape index (κ2) is 9.94. The van der Waals surface area contributed by atoms with E-state index in [1.165, 1.54) is 0 Å². The first kappa shape index (κ1) is 20.7. The van der Waals surface area contributed by atoms with Crippen molar-refractivity contribution in [3.63, 3.8) is 0 Å². The van der Waals surface area contributed by atoms with Crippen LogP contribution in [0.25, 0.3) is 6.08 Å². The molecule has 1 atom stereocenters. The molecule has 0 saturated carbocycles. The number of carbonyl (C=O) groups is 1. The van der Waals surface area contributed by atoms with Crippen LogP contribution in [-0.4, -0.2) is 36.3 Å². The average Bonchev–Trinajstić information content (AvgIpc) is 3.34. The van der Waals surface area contributed by atoms with Crippen molar-refractivity contribution in [1.82, 2.24) is 9.88 Å². The number of aryl methyl sites for hydroxylation is 1. The zero-order chi connectivity index (χ0) is 20.6. The number of amides is 1. The molecule has 1 fully saturated rings. The van der Waals surface area contributed by atoms with Gasteiger partial charge in [-0.05, 0) is 56.5 Å². The number of ether oxygens (including phenoxy) is 2. The molecule has 2 aromatic rings. The number of para-hydroxylation sites is 1. The Kier molecular flexibility index (Phi) is 7.09. The summed E-state index contributed by atoms with van der Waals surface area (Å²) in [5, 5.41) is 12.2. The zero-order valence-electron chi connectivity index (χ0n) is 17.0. The molecule has 152 valence electrons. The van der Waals surface area contributed by atoms with Crippen LogP contribution in [0, 0.1) is 25.2 Å². The Hall–Kier alpha value is -3.04. The minimum atomic E-state index is -0.395. The van der Waals surface area contributed by atoms with Crippen LogP contribution in [-0.2, 0) is 16.1 Å². The number of carbonyl (C=O) groups excluding carboxylic acids is 1. The fraction of sp³-hybridized carbons (Fsp3) is 0.391. The van der Waals surface area contributed by atoms with Crippen molar-refractivity contribution >= 4 is 12.0 Å². The number of aromatic nitrogens is 1. The number of hydrogen-bond acceptors (Lipinski definition) is 4. The maximum Gasteiger partial charge on any atom is 0.262 e. The van der Waals surface area contributed by atoms with E-state index < -0.39 is 5.91 Å². The molecule has 1 unspecified atom stereocenters. The van der Waals surface area contributed by atoms with Gasteiger partial charge in [-0.3, -0.25) is 4.79 Å². The van der Waals surface area contributed by atoms with Crippen LogP contribution in [0.2, 0.25) is 0 Å². The van der Waals surface area contributed by atoms with E-state index in [9.17, 15) is 10.1 Å². The Bertz CT molecular complexity index is 903. The molecule has 1 N–H and O–H groups in total. The molecule has 29 heavy (non-hydrogen) atoms. The molecule has 2 heterocycles. The quantitative estimate of drug-likeness (QED) is 0.424. The summed E-state index contributed by atoms with van der Waals surface area (Å²) in [6.45, 7) is 6.33. The molecule has 1 aliphatic rings. The van der Waals surface area contributed by atoms with Gasteiger partial charge in [0.2, 0.25) is 0 Å². The van der Waals surface area contributed by atoms with E-state index in [0.29, 0.717) is 13.2 Å². The van der Waals surface area contributed by atoms with Gasteiger partial charge in [0.1, 0.15) is 24.0 Å². The van der Waals surface area contributed by atoms with Crippen molar-refractivity contribution in [3.8, 4) is 11.8 Å². The average molecular weight is 393 g/mol. The van der Waals surface area contributed by atoms with Crippen molar-refractivity contribution in [3.05, 3.63) is 58.9 Å². The molecule has 0 radical (unpaired) electrons. The van der Waals surface area contributed by atoms with Crippen LogP contribution in [0.1, 0.15) is 29.8 Å². The van der Waals surface area contributed by atoms with Gasteiger partial charge in [0.25, 0.3) is 5.91 Å². The van der Waals surface area contributed by atoms with Gasteiger partial charge in [-0.1, -0.05) is 18.2 Å². The molecule has 3 rings (SSSR count). The molecule has 6 nitrogen and oxygen atoms in total. The Morgan fingerprint density at radius 3 is 2.86 bits per heavy atom. The fourth-order valence-corrected chi connectivity index (χ4v) is 3.50. The van der Waals surface area contributed by atoms with Crippen LogP contribution < -0.4 is 10.1 Å². The maximum atomic E-state index is 12.4. The largest absolute Gasteiger partial charge is 0.492 e. The number of rotatable bonds is 8. The van der Waals surface area contributed by atoms with E-state index >= 15 is 0 Å². The van der Waals surface area contributed by atoms with Crippen LogP contribution in [0.15, 0.2) is 42.0 Å². The highest BCUT2D eigenvalue weighted by Crippen LogP contribution is 2.22. The van der Waals surface area contributed by atoms with Crippen molar-refractivity contribution in [2.45, 2.75) is 39.3 Å². The summed E-state index contributed by atoms with van der Waals surface area (Å²) in [7, 11) is 0. The summed E-state index contributed by atoms with van der Waals surface area (Å²) in [4.78, 5) is 12.4. The predicted molar refractivity (Wildman–Crippen MR) is 111 cm³/mol. The Morgan fingerprint density at radius 1 is 1.38 bits per heavy atom. The highest BCUT2D eigenvalue weighted by molar-refractivity contribution is 6.01. The van der Waals surface area contributed by atoms with Gasteiger partial charge in [0.15, 0.2) is 0 Å². The molecule has 1 amide bonds. The molecule has 0 bridgehead atoms. The van der Waals surface area contributed by atoms with Gasteiger partial charge < -0.3 is 19.4 Å². The number of benzene rings is 1. The smallest absolute Gasteiger partial charge is 0.262 e. The Morgan fingerprint density at radius 2 is 2.17 bits per heavy atom. The van der Waals surface area contributed by atoms with Crippen LogP contribution in [0.5, 0.6) is 5.75 Å². The summed E-state index contributed by atoms with van der Waals surface area (Å²) in [6, 6.07) is 13.4. The van der Waals surface area contributed by atoms with E-state index in [1.807, 2.05) is 56.3 Å². The summed E-state index contributed by atoms with van der Waals surface area (Å²) >= 11 is 0. The van der Waals surface area contributed by atoms with Crippen molar-refractivity contribution in [2.24, 2.45) is 0 Å². The lowest BCUT2D eigenvalue weighted by Gasteiger charge is -2.14. The van der Waals surface area contributed by atoms with E-state index in [2.05, 4.69) is 9.88 Å². The highest BCUT2D eigenvalue weighted by atomic mass is 16.5. The lowest BCUT2D eigenvalue weighted by Crippen LogP contribution is -2.29. The SMILES string of the molecule is Cc1cc(C=C(C#N)C(=O)NCCOc2ccccc2)c(C)n1CC1CCCO1. The number of nitrogens with zero attached hydrogens (tertiary/aromatic N) is 2.